The monoisotopic (exact) mass is 169 g/mol. The Balaban J connectivity index is -0.000000101. The van der Waals surface area contributed by atoms with Crippen molar-refractivity contribution in [2.75, 3.05) is 0 Å². The van der Waals surface area contributed by atoms with Gasteiger partial charge in [-0.2, -0.15) is 5.26 Å². The van der Waals surface area contributed by atoms with E-state index in [1.165, 1.54) is 6.08 Å². The summed E-state index contributed by atoms with van der Waals surface area (Å²) in [5.41, 5.74) is 0. The molecule has 0 spiro atoms. The van der Waals surface area contributed by atoms with Crippen molar-refractivity contribution in [2.24, 2.45) is 0 Å². The average Bonchev–Trinajstić information content (AvgIpc) is 2.03. The third-order valence-electron chi connectivity index (χ3n) is 0.258. The van der Waals surface area contributed by atoms with E-state index < -0.39 is 6.16 Å². The van der Waals surface area contributed by atoms with Gasteiger partial charge in [0.25, 0.3) is 0 Å². The quantitative estimate of drug-likeness (QED) is 0.466. The molecule has 0 aliphatic carbocycles. The van der Waals surface area contributed by atoms with Crippen LogP contribution in [-0.4, -0.2) is 16.4 Å². The molecular weight excluding hydrogens is 158 g/mol. The highest BCUT2D eigenvalue weighted by Crippen LogP contribution is 1.52. The number of carboxylic acid groups (broad SMARTS) is 2. The van der Waals surface area contributed by atoms with Crippen molar-refractivity contribution in [3.8, 4) is 6.07 Å². The first kappa shape index (κ1) is 16.5. The number of nitrogens with zero attached hydrogens (tertiary/aromatic N) is 1. The largest absolute Gasteiger partial charge is 0.503 e. The molecule has 4 nitrogen and oxygen atoms in total. The zero-order valence-electron chi connectivity index (χ0n) is 6.60. The van der Waals surface area contributed by atoms with Crippen LogP contribution in [0.3, 0.4) is 0 Å². The molecule has 0 heterocycles. The van der Waals surface area contributed by atoms with Crippen LogP contribution in [0.4, 0.5) is 4.79 Å². The summed E-state index contributed by atoms with van der Waals surface area (Å²) in [6, 6.07) is 1.69. The van der Waals surface area contributed by atoms with Gasteiger partial charge in [-0.3, -0.25) is 0 Å². The third-order valence-corrected chi connectivity index (χ3v) is 0.258. The van der Waals surface area contributed by atoms with Crippen LogP contribution in [-0.2, 0) is 0 Å². The van der Waals surface area contributed by atoms with Crippen LogP contribution in [0.2, 0.25) is 0 Å². The minimum Gasteiger partial charge on any atom is -0.450 e. The lowest BCUT2D eigenvalue weighted by Crippen LogP contribution is -1.81. The van der Waals surface area contributed by atoms with Gasteiger partial charge in [0.05, 0.1) is 6.07 Å². The first-order valence-corrected chi connectivity index (χ1v) is 2.72. The smallest absolute Gasteiger partial charge is 0.450 e. The molecule has 66 valence electrons. The minimum absolute atomic E-state index is 1.18. The molecule has 4 heteroatoms. The number of hydrogen-bond donors (Lipinski definition) is 2. The van der Waals surface area contributed by atoms with Crippen LogP contribution in [0.15, 0.2) is 38.0 Å². The third kappa shape index (κ3) is 972000. The van der Waals surface area contributed by atoms with Gasteiger partial charge in [0.1, 0.15) is 0 Å². The van der Waals surface area contributed by atoms with Crippen molar-refractivity contribution in [2.45, 2.75) is 0 Å². The molecule has 0 amide bonds. The predicted molar refractivity (Wildman–Crippen MR) is 46.9 cm³/mol. The lowest BCUT2D eigenvalue weighted by atomic mass is 10.6. The van der Waals surface area contributed by atoms with Crippen LogP contribution in [0, 0.1) is 11.3 Å². The highest BCUT2D eigenvalue weighted by Gasteiger charge is 1.70. The Hall–Kier alpha value is -2.02. The van der Waals surface area contributed by atoms with E-state index in [1.807, 2.05) is 0 Å². The van der Waals surface area contributed by atoms with E-state index in [2.05, 4.69) is 19.7 Å². The topological polar surface area (TPSA) is 81.3 Å². The van der Waals surface area contributed by atoms with Crippen molar-refractivity contribution < 1.29 is 15.0 Å². The molecule has 0 aromatic rings. The molecule has 0 fully saturated rings. The first-order chi connectivity index (χ1) is 5.56. The van der Waals surface area contributed by atoms with Gasteiger partial charge < -0.3 is 10.2 Å². The van der Waals surface area contributed by atoms with Crippen LogP contribution >= 0.6 is 0 Å². The maximum absolute atomic E-state index is 8.56. The zero-order valence-corrected chi connectivity index (χ0v) is 6.60. The summed E-state index contributed by atoms with van der Waals surface area (Å²) < 4.78 is 0. The zero-order chi connectivity index (χ0) is 10.4. The predicted octanol–water partition coefficient (Wildman–Crippen LogP) is 2.28. The lowest BCUT2D eigenvalue weighted by molar-refractivity contribution is 0.137. The first-order valence-electron chi connectivity index (χ1n) is 2.72. The maximum atomic E-state index is 8.56. The lowest BCUT2D eigenvalue weighted by Gasteiger charge is -1.60. The molecule has 0 saturated heterocycles. The van der Waals surface area contributed by atoms with Crippen LogP contribution in [0.1, 0.15) is 0 Å². The Morgan fingerprint density at radius 2 is 1.42 bits per heavy atom. The van der Waals surface area contributed by atoms with Gasteiger partial charge in [-0.1, -0.05) is 31.9 Å². The molecule has 0 aromatic carbocycles. The van der Waals surface area contributed by atoms with Crippen molar-refractivity contribution >= 4 is 6.16 Å². The average molecular weight is 169 g/mol. The molecule has 0 aromatic heterocycles. The molecule has 0 radical (unpaired) electrons. The van der Waals surface area contributed by atoms with Crippen molar-refractivity contribution in [1.29, 1.82) is 5.26 Å². The number of allylic oxidation sites excluding steroid dienone is 3. The highest BCUT2D eigenvalue weighted by atomic mass is 16.6. The van der Waals surface area contributed by atoms with Crippen molar-refractivity contribution in [1.82, 2.24) is 0 Å². The van der Waals surface area contributed by atoms with E-state index in [1.54, 1.807) is 18.2 Å². The number of carbonyl (C=O) groups is 1. The summed E-state index contributed by atoms with van der Waals surface area (Å²) >= 11 is 0. The summed E-state index contributed by atoms with van der Waals surface area (Å²) in [4.78, 5) is 8.56. The minimum atomic E-state index is -1.83. The maximum Gasteiger partial charge on any atom is 0.503 e. The molecule has 12 heavy (non-hydrogen) atoms. The van der Waals surface area contributed by atoms with Crippen molar-refractivity contribution in [3.05, 3.63) is 38.0 Å². The molecular formula is C8H11NO3. The SMILES string of the molecule is C=CC#N.C=CC=C.O=C(O)O. The fourth-order valence-corrected chi connectivity index (χ4v) is 0. The van der Waals surface area contributed by atoms with Gasteiger partial charge in [0.15, 0.2) is 0 Å². The van der Waals surface area contributed by atoms with Gasteiger partial charge >= 0.3 is 6.16 Å². The van der Waals surface area contributed by atoms with Gasteiger partial charge in [-0.05, 0) is 0 Å². The molecule has 0 aliphatic heterocycles. The number of nitriles is 1. The van der Waals surface area contributed by atoms with E-state index in [0.717, 1.165) is 0 Å². The van der Waals surface area contributed by atoms with E-state index >= 15 is 0 Å². The van der Waals surface area contributed by atoms with E-state index in [-0.39, 0.29) is 0 Å². The summed E-state index contributed by atoms with van der Waals surface area (Å²) in [5, 5.41) is 21.5. The molecule has 0 atom stereocenters. The fraction of sp³-hybridized carbons (Fsp3) is 0. The Labute approximate surface area is 71.4 Å². The number of hydrogen-bond acceptors (Lipinski definition) is 2. The van der Waals surface area contributed by atoms with Crippen LogP contribution in [0.5, 0.6) is 0 Å². The second kappa shape index (κ2) is 23.1. The Bertz CT molecular complexity index is 169. The van der Waals surface area contributed by atoms with Crippen molar-refractivity contribution in [3.63, 3.8) is 0 Å². The van der Waals surface area contributed by atoms with Gasteiger partial charge in [-0.25, -0.2) is 4.79 Å². The Kier molecular flexibility index (Phi) is 31.7. The highest BCUT2D eigenvalue weighted by molar-refractivity contribution is 5.53. The normalized spacial score (nSPS) is 4.92. The van der Waals surface area contributed by atoms with Crippen LogP contribution in [0.25, 0.3) is 0 Å². The van der Waals surface area contributed by atoms with Gasteiger partial charge in [0, 0.05) is 6.08 Å². The van der Waals surface area contributed by atoms with E-state index in [0.29, 0.717) is 0 Å². The Morgan fingerprint density at radius 3 is 1.42 bits per heavy atom. The molecule has 0 saturated carbocycles. The Morgan fingerprint density at radius 1 is 1.25 bits per heavy atom. The summed E-state index contributed by atoms with van der Waals surface area (Å²) in [5.74, 6) is 0. The summed E-state index contributed by atoms with van der Waals surface area (Å²) in [6.45, 7) is 9.84. The molecule has 2 N–H and O–H groups in total. The molecule has 0 bridgehead atoms. The summed E-state index contributed by atoms with van der Waals surface area (Å²) in [7, 11) is 0. The second-order valence-electron chi connectivity index (χ2n) is 1.09. The van der Waals surface area contributed by atoms with E-state index in [4.69, 9.17) is 20.3 Å². The molecule has 0 rings (SSSR count). The molecule has 0 unspecified atom stereocenters. The number of rotatable bonds is 1. The standard InChI is InChI=1S/C4H6.C3H3N.CH2O3/c1-3-4-2;1-2-3-4;2-1(3)4/h3-4H,1-2H2;2H,1H2;(H2,2,3,4). The second-order valence-corrected chi connectivity index (χ2v) is 1.09. The summed E-state index contributed by atoms with van der Waals surface area (Å²) in [6.07, 6.45) is 2.63. The van der Waals surface area contributed by atoms with Crippen LogP contribution < -0.4 is 0 Å². The molecule has 0 aliphatic rings. The van der Waals surface area contributed by atoms with Gasteiger partial charge in [0.2, 0.25) is 0 Å². The van der Waals surface area contributed by atoms with Gasteiger partial charge in [-0.15, -0.1) is 0 Å². The fourth-order valence-electron chi connectivity index (χ4n) is 0. The van der Waals surface area contributed by atoms with E-state index in [9.17, 15) is 0 Å².